The van der Waals surface area contributed by atoms with E-state index in [9.17, 15) is 9.90 Å². The van der Waals surface area contributed by atoms with E-state index < -0.39 is 0 Å². The van der Waals surface area contributed by atoms with E-state index in [4.69, 9.17) is 0 Å². The van der Waals surface area contributed by atoms with Gasteiger partial charge in [-0.1, -0.05) is 6.07 Å². The predicted molar refractivity (Wildman–Crippen MR) is 70.6 cm³/mol. The van der Waals surface area contributed by atoms with E-state index in [0.29, 0.717) is 19.5 Å². The summed E-state index contributed by atoms with van der Waals surface area (Å²) < 4.78 is 0. The molecular weight excluding hydrogens is 254 g/mol. The summed E-state index contributed by atoms with van der Waals surface area (Å²) >= 11 is 0. The molecule has 0 radical (unpaired) electrons. The molecule has 1 fully saturated rings. The van der Waals surface area contributed by atoms with Crippen molar-refractivity contribution in [1.82, 2.24) is 15.6 Å². The molecular formula is C12H18ClN3O2. The Bertz CT molecular complexity index is 375. The Morgan fingerprint density at radius 3 is 3.00 bits per heavy atom. The van der Waals surface area contributed by atoms with Crippen molar-refractivity contribution < 1.29 is 9.90 Å². The van der Waals surface area contributed by atoms with Crippen LogP contribution in [0.15, 0.2) is 24.5 Å². The molecule has 6 heteroatoms. The number of hydrogen-bond acceptors (Lipinski definition) is 4. The van der Waals surface area contributed by atoms with Gasteiger partial charge in [0, 0.05) is 37.9 Å². The standard InChI is InChI=1S/C12H17N3O2.ClH/c16-11-8-14-6-10(11)7-15-12(17)4-9-2-1-3-13-5-9;/h1-3,5,10-11,14,16H,4,6-8H2,(H,15,17);1H. The van der Waals surface area contributed by atoms with Crippen LogP contribution in [0.3, 0.4) is 0 Å². The molecule has 0 saturated carbocycles. The molecule has 3 N–H and O–H groups in total. The van der Waals surface area contributed by atoms with Gasteiger partial charge in [0.05, 0.1) is 12.5 Å². The third-order valence-corrected chi connectivity index (χ3v) is 2.95. The number of pyridine rings is 1. The van der Waals surface area contributed by atoms with Crippen molar-refractivity contribution in [1.29, 1.82) is 0 Å². The second-order valence-corrected chi connectivity index (χ2v) is 4.33. The normalized spacial score (nSPS) is 22.3. The van der Waals surface area contributed by atoms with Crippen LogP contribution in [0.5, 0.6) is 0 Å². The van der Waals surface area contributed by atoms with Gasteiger partial charge in [-0.15, -0.1) is 12.4 Å². The van der Waals surface area contributed by atoms with E-state index in [2.05, 4.69) is 15.6 Å². The molecule has 1 aromatic heterocycles. The molecule has 2 unspecified atom stereocenters. The first-order valence-corrected chi connectivity index (χ1v) is 5.80. The van der Waals surface area contributed by atoms with Gasteiger partial charge in [-0.25, -0.2) is 0 Å². The maximum Gasteiger partial charge on any atom is 0.224 e. The van der Waals surface area contributed by atoms with Crippen LogP contribution >= 0.6 is 12.4 Å². The van der Waals surface area contributed by atoms with Crippen LogP contribution in [0.25, 0.3) is 0 Å². The van der Waals surface area contributed by atoms with E-state index in [1.165, 1.54) is 0 Å². The molecule has 1 aliphatic rings. The summed E-state index contributed by atoms with van der Waals surface area (Å²) in [5.41, 5.74) is 0.898. The van der Waals surface area contributed by atoms with Crippen LogP contribution in [0.1, 0.15) is 5.56 Å². The lowest BCUT2D eigenvalue weighted by Gasteiger charge is -2.13. The Balaban J connectivity index is 0.00000162. The number of nitrogens with one attached hydrogen (secondary N) is 2. The Kier molecular flexibility index (Phi) is 6.04. The summed E-state index contributed by atoms with van der Waals surface area (Å²) in [5.74, 6) is 0.0879. The average molecular weight is 272 g/mol. The SMILES string of the molecule is Cl.O=C(Cc1cccnc1)NCC1CNCC1O. The number of amides is 1. The lowest BCUT2D eigenvalue weighted by molar-refractivity contribution is -0.120. The fourth-order valence-electron chi connectivity index (χ4n) is 1.92. The summed E-state index contributed by atoms with van der Waals surface area (Å²) in [6.07, 6.45) is 3.35. The minimum absolute atomic E-state index is 0. The third kappa shape index (κ3) is 4.25. The fourth-order valence-corrected chi connectivity index (χ4v) is 1.92. The second-order valence-electron chi connectivity index (χ2n) is 4.33. The van der Waals surface area contributed by atoms with Crippen molar-refractivity contribution in [3.8, 4) is 0 Å². The minimum atomic E-state index is -0.353. The van der Waals surface area contributed by atoms with Gasteiger partial charge in [-0.2, -0.15) is 0 Å². The van der Waals surface area contributed by atoms with E-state index in [-0.39, 0.29) is 30.3 Å². The molecule has 2 atom stereocenters. The maximum absolute atomic E-state index is 11.6. The number of aromatic nitrogens is 1. The lowest BCUT2D eigenvalue weighted by atomic mass is 10.1. The summed E-state index contributed by atoms with van der Waals surface area (Å²) in [7, 11) is 0. The number of carbonyl (C=O) groups is 1. The molecule has 1 amide bonds. The molecule has 100 valence electrons. The summed E-state index contributed by atoms with van der Waals surface area (Å²) in [6.45, 7) is 1.89. The highest BCUT2D eigenvalue weighted by Crippen LogP contribution is 2.07. The number of aliphatic hydroxyl groups excluding tert-OH is 1. The van der Waals surface area contributed by atoms with E-state index >= 15 is 0 Å². The monoisotopic (exact) mass is 271 g/mol. The molecule has 0 aromatic carbocycles. The molecule has 0 aliphatic carbocycles. The average Bonchev–Trinajstić information content (AvgIpc) is 2.74. The number of halogens is 1. The predicted octanol–water partition coefficient (Wildman–Crippen LogP) is -0.258. The van der Waals surface area contributed by atoms with Gasteiger partial charge in [-0.05, 0) is 11.6 Å². The molecule has 2 heterocycles. The van der Waals surface area contributed by atoms with Crippen molar-refractivity contribution in [2.24, 2.45) is 5.92 Å². The Morgan fingerprint density at radius 2 is 2.39 bits per heavy atom. The van der Waals surface area contributed by atoms with Crippen LogP contribution in [0, 0.1) is 5.92 Å². The summed E-state index contributed by atoms with van der Waals surface area (Å²) in [6, 6.07) is 3.69. The molecule has 1 aliphatic heterocycles. The van der Waals surface area contributed by atoms with Gasteiger partial charge in [0.2, 0.25) is 5.91 Å². The van der Waals surface area contributed by atoms with Crippen LogP contribution < -0.4 is 10.6 Å². The first kappa shape index (κ1) is 14.9. The molecule has 0 spiro atoms. The van der Waals surface area contributed by atoms with Gasteiger partial charge in [0.15, 0.2) is 0 Å². The maximum atomic E-state index is 11.6. The topological polar surface area (TPSA) is 74.2 Å². The quantitative estimate of drug-likeness (QED) is 0.706. The van der Waals surface area contributed by atoms with Crippen LogP contribution in [-0.2, 0) is 11.2 Å². The first-order chi connectivity index (χ1) is 8.25. The van der Waals surface area contributed by atoms with Crippen molar-refractivity contribution in [2.45, 2.75) is 12.5 Å². The first-order valence-electron chi connectivity index (χ1n) is 5.80. The number of rotatable bonds is 4. The zero-order valence-electron chi connectivity index (χ0n) is 10.0. The number of carbonyl (C=O) groups excluding carboxylic acids is 1. The summed E-state index contributed by atoms with van der Waals surface area (Å²) in [5, 5.41) is 15.5. The summed E-state index contributed by atoms with van der Waals surface area (Å²) in [4.78, 5) is 15.6. The zero-order valence-corrected chi connectivity index (χ0v) is 10.8. The Labute approximate surface area is 112 Å². The van der Waals surface area contributed by atoms with Crippen molar-refractivity contribution in [3.05, 3.63) is 30.1 Å². The van der Waals surface area contributed by atoms with Gasteiger partial charge in [0.25, 0.3) is 0 Å². The molecule has 1 aromatic rings. The van der Waals surface area contributed by atoms with Crippen LogP contribution in [-0.4, -0.2) is 41.7 Å². The Morgan fingerprint density at radius 1 is 1.56 bits per heavy atom. The number of aliphatic hydroxyl groups is 1. The van der Waals surface area contributed by atoms with Crippen molar-refractivity contribution >= 4 is 18.3 Å². The van der Waals surface area contributed by atoms with Crippen molar-refractivity contribution in [3.63, 3.8) is 0 Å². The minimum Gasteiger partial charge on any atom is -0.391 e. The smallest absolute Gasteiger partial charge is 0.224 e. The highest BCUT2D eigenvalue weighted by atomic mass is 35.5. The molecule has 2 rings (SSSR count). The van der Waals surface area contributed by atoms with Gasteiger partial charge >= 0.3 is 0 Å². The van der Waals surface area contributed by atoms with Gasteiger partial charge in [-0.3, -0.25) is 9.78 Å². The highest BCUT2D eigenvalue weighted by molar-refractivity contribution is 5.85. The van der Waals surface area contributed by atoms with Gasteiger partial charge < -0.3 is 15.7 Å². The van der Waals surface area contributed by atoms with Crippen molar-refractivity contribution in [2.75, 3.05) is 19.6 Å². The molecule has 1 saturated heterocycles. The van der Waals surface area contributed by atoms with Crippen LogP contribution in [0.4, 0.5) is 0 Å². The zero-order chi connectivity index (χ0) is 12.1. The third-order valence-electron chi connectivity index (χ3n) is 2.95. The Hall–Kier alpha value is -1.17. The number of hydrogen-bond donors (Lipinski definition) is 3. The lowest BCUT2D eigenvalue weighted by Crippen LogP contribution is -2.35. The van der Waals surface area contributed by atoms with E-state index in [1.807, 2.05) is 12.1 Å². The molecule has 5 nitrogen and oxygen atoms in total. The molecule has 0 bridgehead atoms. The fraction of sp³-hybridized carbons (Fsp3) is 0.500. The second kappa shape index (κ2) is 7.31. The number of β-amino-alcohol motifs (C(OH)–C–C–N with tert-alkyl or cyclic N) is 1. The molecule has 18 heavy (non-hydrogen) atoms. The number of nitrogens with zero attached hydrogens (tertiary/aromatic N) is 1. The highest BCUT2D eigenvalue weighted by Gasteiger charge is 2.24. The van der Waals surface area contributed by atoms with Crippen LogP contribution in [0.2, 0.25) is 0 Å². The van der Waals surface area contributed by atoms with E-state index in [1.54, 1.807) is 12.4 Å². The van der Waals surface area contributed by atoms with E-state index in [0.717, 1.165) is 12.1 Å². The largest absolute Gasteiger partial charge is 0.391 e. The van der Waals surface area contributed by atoms with Gasteiger partial charge in [0.1, 0.15) is 0 Å².